The van der Waals surface area contributed by atoms with Gasteiger partial charge >= 0.3 is 6.36 Å². The van der Waals surface area contributed by atoms with Crippen molar-refractivity contribution in [2.24, 2.45) is 4.99 Å². The summed E-state index contributed by atoms with van der Waals surface area (Å²) >= 11 is 0. The summed E-state index contributed by atoms with van der Waals surface area (Å²) in [5, 5.41) is 0. The van der Waals surface area contributed by atoms with Crippen molar-refractivity contribution in [1.82, 2.24) is 4.90 Å². The quantitative estimate of drug-likeness (QED) is 0.672. The third kappa shape index (κ3) is 2.31. The Bertz CT molecular complexity index is 357. The molecule has 82 valence electrons. The van der Waals surface area contributed by atoms with E-state index in [1.807, 2.05) is 6.92 Å². The lowest BCUT2D eigenvalue weighted by atomic mass is 10.3. The lowest BCUT2D eigenvalue weighted by Gasteiger charge is -2.19. The molecule has 2 aliphatic rings. The van der Waals surface area contributed by atoms with E-state index < -0.39 is 6.36 Å². The van der Waals surface area contributed by atoms with Gasteiger partial charge in [-0.2, -0.15) is 0 Å². The molecule has 6 heteroatoms. The van der Waals surface area contributed by atoms with E-state index in [1.165, 1.54) is 12.2 Å². The van der Waals surface area contributed by atoms with Crippen LogP contribution in [0.15, 0.2) is 29.1 Å². The number of hydrogen-bond acceptors (Lipinski definition) is 3. The molecule has 0 N–H and O–H groups in total. The van der Waals surface area contributed by atoms with Crippen LogP contribution in [0.25, 0.3) is 0 Å². The van der Waals surface area contributed by atoms with E-state index in [1.54, 1.807) is 11.1 Å². The average molecular weight is 218 g/mol. The number of aliphatic imine (C=N–C) groups is 1. The fourth-order valence-electron chi connectivity index (χ4n) is 1.51. The Morgan fingerprint density at radius 3 is 2.93 bits per heavy atom. The number of halogens is 3. The summed E-state index contributed by atoms with van der Waals surface area (Å²) < 4.78 is 39.5. The van der Waals surface area contributed by atoms with Crippen LogP contribution >= 0.6 is 0 Å². The van der Waals surface area contributed by atoms with Crippen LogP contribution in [0, 0.1) is 0 Å². The number of nitrogens with zero attached hydrogens (tertiary/aromatic N) is 2. The van der Waals surface area contributed by atoms with Gasteiger partial charge in [-0.25, -0.2) is 0 Å². The third-order valence-electron chi connectivity index (χ3n) is 2.03. The number of allylic oxidation sites excluding steroid dienone is 1. The van der Waals surface area contributed by atoms with E-state index in [0.29, 0.717) is 12.4 Å². The van der Waals surface area contributed by atoms with E-state index in [4.69, 9.17) is 0 Å². The molecule has 0 radical (unpaired) electrons. The zero-order chi connectivity index (χ0) is 11.1. The molecule has 2 heterocycles. The summed E-state index contributed by atoms with van der Waals surface area (Å²) in [6, 6.07) is 0.103. The zero-order valence-corrected chi connectivity index (χ0v) is 7.95. The van der Waals surface area contributed by atoms with Gasteiger partial charge in [0.25, 0.3) is 0 Å². The van der Waals surface area contributed by atoms with Crippen molar-refractivity contribution in [3.63, 3.8) is 0 Å². The molecule has 0 saturated carbocycles. The van der Waals surface area contributed by atoms with Crippen molar-refractivity contribution >= 4 is 5.84 Å². The maximum Gasteiger partial charge on any atom is 0.573 e. The first kappa shape index (κ1) is 10.1. The molecule has 3 nitrogen and oxygen atoms in total. The second-order valence-corrected chi connectivity index (χ2v) is 3.40. The number of hydrogen-bond donors (Lipinski definition) is 0. The summed E-state index contributed by atoms with van der Waals surface area (Å²) in [4.78, 5) is 5.94. The molecule has 2 aliphatic heterocycles. The standard InChI is InChI=1S/C9H9F3N2O/c1-6-5-14-3-2-7(4-8(14)13-6)15-9(10,11)12/h2-4,6H,5H2,1H3/t6-/m1/s1. The molecule has 0 aromatic rings. The van der Waals surface area contributed by atoms with Crippen LogP contribution < -0.4 is 0 Å². The second kappa shape index (κ2) is 3.29. The number of alkyl halides is 3. The van der Waals surface area contributed by atoms with E-state index in [9.17, 15) is 13.2 Å². The Morgan fingerprint density at radius 1 is 1.53 bits per heavy atom. The van der Waals surface area contributed by atoms with Crippen molar-refractivity contribution in [2.75, 3.05) is 6.54 Å². The van der Waals surface area contributed by atoms with E-state index in [-0.39, 0.29) is 11.8 Å². The van der Waals surface area contributed by atoms with Crippen LogP contribution in [0.1, 0.15) is 6.92 Å². The molecule has 0 fully saturated rings. The first-order valence-electron chi connectivity index (χ1n) is 4.44. The highest BCUT2D eigenvalue weighted by molar-refractivity contribution is 5.96. The lowest BCUT2D eigenvalue weighted by Crippen LogP contribution is -2.25. The molecule has 15 heavy (non-hydrogen) atoms. The van der Waals surface area contributed by atoms with Gasteiger partial charge in [-0.1, -0.05) is 0 Å². The number of fused-ring (bicyclic) bond motifs is 1. The van der Waals surface area contributed by atoms with Gasteiger partial charge in [0, 0.05) is 18.8 Å². The molecule has 0 amide bonds. The molecule has 2 rings (SSSR count). The average Bonchev–Trinajstić information content (AvgIpc) is 2.40. The van der Waals surface area contributed by atoms with Gasteiger partial charge in [0.05, 0.1) is 6.04 Å². The van der Waals surface area contributed by atoms with Gasteiger partial charge in [-0.3, -0.25) is 4.99 Å². The van der Waals surface area contributed by atoms with Gasteiger partial charge < -0.3 is 9.64 Å². The van der Waals surface area contributed by atoms with Crippen molar-refractivity contribution < 1.29 is 17.9 Å². The van der Waals surface area contributed by atoms with Crippen LogP contribution in [-0.2, 0) is 4.74 Å². The molecule has 0 aliphatic carbocycles. The first-order valence-corrected chi connectivity index (χ1v) is 4.44. The van der Waals surface area contributed by atoms with Crippen LogP contribution in [0.2, 0.25) is 0 Å². The van der Waals surface area contributed by atoms with E-state index in [0.717, 1.165) is 0 Å². The van der Waals surface area contributed by atoms with Crippen LogP contribution in [0.4, 0.5) is 13.2 Å². The maximum atomic E-state index is 11.9. The SMILES string of the molecule is C[C@@H]1CN2C=CC(OC(F)(F)F)=CC2=N1. The maximum absolute atomic E-state index is 11.9. The Hall–Kier alpha value is -1.46. The minimum absolute atomic E-state index is 0.103. The van der Waals surface area contributed by atoms with Gasteiger partial charge in [-0.05, 0) is 13.0 Å². The highest BCUT2D eigenvalue weighted by atomic mass is 19.4. The van der Waals surface area contributed by atoms with Gasteiger partial charge in [0.2, 0.25) is 0 Å². The van der Waals surface area contributed by atoms with E-state index >= 15 is 0 Å². The summed E-state index contributed by atoms with van der Waals surface area (Å²) in [6.45, 7) is 2.60. The third-order valence-corrected chi connectivity index (χ3v) is 2.03. The van der Waals surface area contributed by atoms with Crippen LogP contribution in [0.3, 0.4) is 0 Å². The normalized spacial score (nSPS) is 24.8. The Morgan fingerprint density at radius 2 is 2.27 bits per heavy atom. The number of amidine groups is 1. The van der Waals surface area contributed by atoms with Crippen molar-refractivity contribution in [2.45, 2.75) is 19.3 Å². The molecule has 1 atom stereocenters. The van der Waals surface area contributed by atoms with Gasteiger partial charge in [0.1, 0.15) is 11.6 Å². The highest BCUT2D eigenvalue weighted by Crippen LogP contribution is 2.24. The fraction of sp³-hybridized carbons (Fsp3) is 0.444. The largest absolute Gasteiger partial charge is 0.573 e. The van der Waals surface area contributed by atoms with Crippen molar-refractivity contribution in [1.29, 1.82) is 0 Å². The predicted molar refractivity (Wildman–Crippen MR) is 48.0 cm³/mol. The van der Waals surface area contributed by atoms with Gasteiger partial charge in [-0.15, -0.1) is 13.2 Å². The lowest BCUT2D eigenvalue weighted by molar-refractivity contribution is -0.303. The predicted octanol–water partition coefficient (Wildman–Crippen LogP) is 2.04. The van der Waals surface area contributed by atoms with Crippen LogP contribution in [-0.4, -0.2) is 29.7 Å². The molecule has 0 spiro atoms. The van der Waals surface area contributed by atoms with Crippen molar-refractivity contribution in [3.8, 4) is 0 Å². The highest BCUT2D eigenvalue weighted by Gasteiger charge is 2.33. The molecule has 0 unspecified atom stereocenters. The topological polar surface area (TPSA) is 24.8 Å². The Balaban J connectivity index is 2.14. The second-order valence-electron chi connectivity index (χ2n) is 3.40. The summed E-state index contributed by atoms with van der Waals surface area (Å²) in [5.41, 5.74) is 0. The van der Waals surface area contributed by atoms with Crippen LogP contribution in [0.5, 0.6) is 0 Å². The molecule has 0 bridgehead atoms. The van der Waals surface area contributed by atoms with E-state index in [2.05, 4.69) is 9.73 Å². The Labute approximate surface area is 84.5 Å². The summed E-state index contributed by atoms with van der Waals surface area (Å²) in [6.07, 6.45) is -0.534. The minimum atomic E-state index is -4.65. The van der Waals surface area contributed by atoms with Crippen molar-refractivity contribution in [3.05, 3.63) is 24.1 Å². The smallest absolute Gasteiger partial charge is 0.406 e. The fourth-order valence-corrected chi connectivity index (χ4v) is 1.51. The number of rotatable bonds is 1. The molecule has 0 saturated heterocycles. The number of ether oxygens (including phenoxy) is 1. The zero-order valence-electron chi connectivity index (χ0n) is 7.95. The Kier molecular flexibility index (Phi) is 2.21. The minimum Gasteiger partial charge on any atom is -0.406 e. The summed E-state index contributed by atoms with van der Waals surface area (Å²) in [5.74, 6) is 0.288. The molecule has 0 aromatic carbocycles. The molecular weight excluding hydrogens is 209 g/mol. The molecule has 0 aromatic heterocycles. The summed E-state index contributed by atoms with van der Waals surface area (Å²) in [7, 11) is 0. The van der Waals surface area contributed by atoms with Gasteiger partial charge in [0.15, 0.2) is 0 Å². The first-order chi connectivity index (χ1) is 6.94. The molecular formula is C9H9F3N2O. The monoisotopic (exact) mass is 218 g/mol.